The van der Waals surface area contributed by atoms with Crippen LogP contribution >= 0.6 is 11.6 Å². The molecule has 2 nitrogen and oxygen atoms in total. The summed E-state index contributed by atoms with van der Waals surface area (Å²) in [4.78, 5) is 0. The molecule has 0 aromatic heterocycles. The van der Waals surface area contributed by atoms with Gasteiger partial charge in [-0.15, -0.1) is 0 Å². The topological polar surface area (TPSA) is 21.3 Å². The van der Waals surface area contributed by atoms with Crippen LogP contribution in [0.1, 0.15) is 24.1 Å². The SMILES string of the molecule is CCNC(c1cc(F)ccc1F)c1ccc(Cl)cc1OC. The van der Waals surface area contributed by atoms with Crippen molar-refractivity contribution < 1.29 is 13.5 Å². The second kappa shape index (κ2) is 6.87. The van der Waals surface area contributed by atoms with Crippen LogP contribution in [0.2, 0.25) is 5.02 Å². The molecule has 1 unspecified atom stereocenters. The number of hydrogen-bond acceptors (Lipinski definition) is 2. The van der Waals surface area contributed by atoms with E-state index in [9.17, 15) is 8.78 Å². The fourth-order valence-corrected chi connectivity index (χ4v) is 2.41. The molecule has 21 heavy (non-hydrogen) atoms. The molecule has 0 spiro atoms. The van der Waals surface area contributed by atoms with Crippen molar-refractivity contribution in [2.45, 2.75) is 13.0 Å². The molecular weight excluding hydrogens is 296 g/mol. The molecule has 5 heteroatoms. The predicted octanol–water partition coefficient (Wildman–Crippen LogP) is 4.33. The zero-order chi connectivity index (χ0) is 15.4. The summed E-state index contributed by atoms with van der Waals surface area (Å²) in [6.07, 6.45) is 0. The van der Waals surface area contributed by atoms with Gasteiger partial charge in [0.05, 0.1) is 13.2 Å². The van der Waals surface area contributed by atoms with Crippen LogP contribution in [-0.4, -0.2) is 13.7 Å². The third kappa shape index (κ3) is 3.52. The minimum atomic E-state index is -0.516. The summed E-state index contributed by atoms with van der Waals surface area (Å²) in [5.41, 5.74) is 0.936. The Morgan fingerprint density at radius 1 is 1.14 bits per heavy atom. The molecule has 0 amide bonds. The second-order valence-corrected chi connectivity index (χ2v) is 4.98. The van der Waals surface area contributed by atoms with E-state index < -0.39 is 17.7 Å². The van der Waals surface area contributed by atoms with Gasteiger partial charge in [-0.1, -0.05) is 24.6 Å². The molecule has 1 atom stereocenters. The van der Waals surface area contributed by atoms with Crippen LogP contribution in [0.3, 0.4) is 0 Å². The lowest BCUT2D eigenvalue weighted by molar-refractivity contribution is 0.403. The van der Waals surface area contributed by atoms with Crippen molar-refractivity contribution in [3.05, 3.63) is 64.2 Å². The molecule has 0 aliphatic rings. The minimum absolute atomic E-state index is 0.234. The van der Waals surface area contributed by atoms with Crippen molar-refractivity contribution in [1.29, 1.82) is 0 Å². The molecule has 2 aromatic rings. The van der Waals surface area contributed by atoms with E-state index in [0.29, 0.717) is 22.9 Å². The maximum atomic E-state index is 14.1. The summed E-state index contributed by atoms with van der Waals surface area (Å²) >= 11 is 5.95. The van der Waals surface area contributed by atoms with Crippen molar-refractivity contribution >= 4 is 11.6 Å². The predicted molar refractivity (Wildman–Crippen MR) is 79.9 cm³/mol. The monoisotopic (exact) mass is 311 g/mol. The Hall–Kier alpha value is -1.65. The molecule has 112 valence electrons. The highest BCUT2D eigenvalue weighted by Gasteiger charge is 2.21. The van der Waals surface area contributed by atoms with Crippen LogP contribution in [0.5, 0.6) is 5.75 Å². The van der Waals surface area contributed by atoms with Gasteiger partial charge in [-0.2, -0.15) is 0 Å². The van der Waals surface area contributed by atoms with Gasteiger partial charge >= 0.3 is 0 Å². The van der Waals surface area contributed by atoms with Crippen molar-refractivity contribution in [3.63, 3.8) is 0 Å². The molecule has 1 N–H and O–H groups in total. The van der Waals surface area contributed by atoms with E-state index in [0.717, 1.165) is 12.1 Å². The smallest absolute Gasteiger partial charge is 0.128 e. The van der Waals surface area contributed by atoms with Crippen LogP contribution in [0, 0.1) is 11.6 Å². The van der Waals surface area contributed by atoms with Gasteiger partial charge in [0.25, 0.3) is 0 Å². The van der Waals surface area contributed by atoms with Crippen LogP contribution in [0.15, 0.2) is 36.4 Å². The van der Waals surface area contributed by atoms with Crippen LogP contribution in [0.4, 0.5) is 8.78 Å². The maximum Gasteiger partial charge on any atom is 0.128 e. The molecule has 0 aliphatic carbocycles. The molecule has 0 saturated heterocycles. The number of rotatable bonds is 5. The highest BCUT2D eigenvalue weighted by atomic mass is 35.5. The normalized spacial score (nSPS) is 12.2. The Balaban J connectivity index is 2.55. The van der Waals surface area contributed by atoms with Gasteiger partial charge in [-0.25, -0.2) is 8.78 Å². The summed E-state index contributed by atoms with van der Waals surface area (Å²) in [5, 5.41) is 3.67. The number of ether oxygens (including phenoxy) is 1. The zero-order valence-corrected chi connectivity index (χ0v) is 12.5. The summed E-state index contributed by atoms with van der Waals surface area (Å²) in [7, 11) is 1.51. The first-order chi connectivity index (χ1) is 10.1. The number of methoxy groups -OCH3 is 1. The lowest BCUT2D eigenvalue weighted by atomic mass is 9.97. The zero-order valence-electron chi connectivity index (χ0n) is 11.8. The molecule has 2 rings (SSSR count). The summed E-state index contributed by atoms with van der Waals surface area (Å²) in [6, 6.07) is 7.99. The summed E-state index contributed by atoms with van der Waals surface area (Å²) in [6.45, 7) is 2.49. The quantitative estimate of drug-likeness (QED) is 0.887. The lowest BCUT2D eigenvalue weighted by Gasteiger charge is -2.22. The first-order valence-corrected chi connectivity index (χ1v) is 6.96. The first-order valence-electron chi connectivity index (χ1n) is 6.58. The molecule has 0 fully saturated rings. The molecular formula is C16H16ClF2NO. The van der Waals surface area contributed by atoms with Crippen molar-refractivity contribution in [3.8, 4) is 5.75 Å². The lowest BCUT2D eigenvalue weighted by Crippen LogP contribution is -2.23. The van der Waals surface area contributed by atoms with Crippen molar-refractivity contribution in [2.75, 3.05) is 13.7 Å². The molecule has 0 aliphatic heterocycles. The van der Waals surface area contributed by atoms with E-state index in [1.54, 1.807) is 18.2 Å². The summed E-state index contributed by atoms with van der Waals surface area (Å²) < 4.78 is 32.8. The Morgan fingerprint density at radius 2 is 1.90 bits per heavy atom. The average Bonchev–Trinajstić information content (AvgIpc) is 2.48. The standard InChI is InChI=1S/C16H16ClF2NO/c1-3-20-16(13-9-11(18)5-7-14(13)19)12-6-4-10(17)8-15(12)21-2/h4-9,16,20H,3H2,1-2H3. The van der Waals surface area contributed by atoms with Gasteiger partial charge in [0, 0.05) is 16.1 Å². The van der Waals surface area contributed by atoms with E-state index in [-0.39, 0.29) is 5.56 Å². The third-order valence-corrected chi connectivity index (χ3v) is 3.42. The third-order valence-electron chi connectivity index (χ3n) is 3.18. The highest BCUT2D eigenvalue weighted by Crippen LogP contribution is 2.33. The molecule has 0 radical (unpaired) electrons. The Kier molecular flexibility index (Phi) is 5.15. The van der Waals surface area contributed by atoms with Crippen LogP contribution in [0.25, 0.3) is 0 Å². The van der Waals surface area contributed by atoms with Crippen molar-refractivity contribution in [2.24, 2.45) is 0 Å². The van der Waals surface area contributed by atoms with E-state index in [1.165, 1.54) is 13.2 Å². The van der Waals surface area contributed by atoms with Gasteiger partial charge in [0.2, 0.25) is 0 Å². The molecule has 0 saturated carbocycles. The van der Waals surface area contributed by atoms with E-state index in [4.69, 9.17) is 16.3 Å². The number of hydrogen-bond donors (Lipinski definition) is 1. The molecule has 0 bridgehead atoms. The number of nitrogens with one attached hydrogen (secondary N) is 1. The Labute approximate surface area is 127 Å². The van der Waals surface area contributed by atoms with Gasteiger partial charge in [0.15, 0.2) is 0 Å². The largest absolute Gasteiger partial charge is 0.496 e. The first kappa shape index (κ1) is 15.7. The van der Waals surface area contributed by atoms with Crippen LogP contribution in [-0.2, 0) is 0 Å². The Bertz CT molecular complexity index is 634. The van der Waals surface area contributed by atoms with Gasteiger partial charge < -0.3 is 10.1 Å². The van der Waals surface area contributed by atoms with Crippen LogP contribution < -0.4 is 10.1 Å². The molecule has 0 heterocycles. The van der Waals surface area contributed by atoms with Gasteiger partial charge in [-0.05, 0) is 36.9 Å². The van der Waals surface area contributed by atoms with Crippen molar-refractivity contribution in [1.82, 2.24) is 5.32 Å². The van der Waals surface area contributed by atoms with Gasteiger partial charge in [0.1, 0.15) is 17.4 Å². The average molecular weight is 312 g/mol. The van der Waals surface area contributed by atoms with E-state index in [2.05, 4.69) is 5.32 Å². The van der Waals surface area contributed by atoms with E-state index in [1.807, 2.05) is 6.92 Å². The second-order valence-electron chi connectivity index (χ2n) is 4.54. The highest BCUT2D eigenvalue weighted by molar-refractivity contribution is 6.30. The summed E-state index contributed by atoms with van der Waals surface area (Å²) in [5.74, 6) is -0.432. The molecule has 2 aromatic carbocycles. The van der Waals surface area contributed by atoms with Gasteiger partial charge in [-0.3, -0.25) is 0 Å². The van der Waals surface area contributed by atoms with E-state index >= 15 is 0 Å². The minimum Gasteiger partial charge on any atom is -0.496 e. The fourth-order valence-electron chi connectivity index (χ4n) is 2.25. The number of halogens is 3. The Morgan fingerprint density at radius 3 is 2.57 bits per heavy atom. The number of benzene rings is 2. The fraction of sp³-hybridized carbons (Fsp3) is 0.250. The maximum absolute atomic E-state index is 14.1.